The number of hydrogen-bond acceptors (Lipinski definition) is 4. The number of carbonyl (C=O) groups excluding carboxylic acids is 1. The van der Waals surface area contributed by atoms with Gasteiger partial charge in [-0.2, -0.15) is 13.2 Å². The summed E-state index contributed by atoms with van der Waals surface area (Å²) in [4.78, 5) is 12.5. The smallest absolute Gasteiger partial charge is 0.325 e. The highest BCUT2D eigenvalue weighted by Gasteiger charge is 2.33. The van der Waals surface area contributed by atoms with Crippen molar-refractivity contribution in [2.75, 3.05) is 5.32 Å². The highest BCUT2D eigenvalue weighted by Crippen LogP contribution is 2.36. The lowest BCUT2D eigenvalue weighted by atomic mass is 10.2. The van der Waals surface area contributed by atoms with Gasteiger partial charge in [0, 0.05) is 18.3 Å². The Bertz CT molecular complexity index is 1090. The molecule has 0 saturated carbocycles. The van der Waals surface area contributed by atoms with Gasteiger partial charge in [-0.05, 0) is 37.3 Å². The fraction of sp³-hybridized carbons (Fsp3) is 0.211. The van der Waals surface area contributed by atoms with E-state index in [-0.39, 0.29) is 5.69 Å². The summed E-state index contributed by atoms with van der Waals surface area (Å²) in [6.07, 6.45) is -4.62. The molecular weight excluding hydrogens is 460 g/mol. The van der Waals surface area contributed by atoms with Crippen molar-refractivity contribution in [1.29, 1.82) is 0 Å². The second-order valence-corrected chi connectivity index (χ2v) is 8.41. The highest BCUT2D eigenvalue weighted by molar-refractivity contribution is 8.00. The SMILES string of the molecule is CC(Sc1nnc(-c2ccccc2Cl)n1C)C(=O)Nc1ccc(Cl)c(C(F)(F)F)c1. The van der Waals surface area contributed by atoms with Crippen molar-refractivity contribution in [3.63, 3.8) is 0 Å². The summed E-state index contributed by atoms with van der Waals surface area (Å²) in [6, 6.07) is 10.4. The van der Waals surface area contributed by atoms with Crippen LogP contribution in [-0.4, -0.2) is 25.9 Å². The topological polar surface area (TPSA) is 59.8 Å². The van der Waals surface area contributed by atoms with Gasteiger partial charge in [0.05, 0.1) is 20.9 Å². The molecular formula is C19H15Cl2F3N4OS. The number of thioether (sulfide) groups is 1. The summed E-state index contributed by atoms with van der Waals surface area (Å²) in [5.74, 6) is 0.0426. The fourth-order valence-corrected chi connectivity index (χ4v) is 3.83. The quantitative estimate of drug-likeness (QED) is 0.465. The van der Waals surface area contributed by atoms with E-state index in [1.165, 1.54) is 6.07 Å². The fourth-order valence-electron chi connectivity index (χ4n) is 2.57. The van der Waals surface area contributed by atoms with Gasteiger partial charge >= 0.3 is 6.18 Å². The van der Waals surface area contributed by atoms with Gasteiger partial charge in [-0.25, -0.2) is 0 Å². The average molecular weight is 475 g/mol. The van der Waals surface area contributed by atoms with E-state index in [0.29, 0.717) is 21.6 Å². The monoisotopic (exact) mass is 474 g/mol. The average Bonchev–Trinajstić information content (AvgIpc) is 3.03. The molecule has 1 N–H and O–H groups in total. The number of nitrogens with zero attached hydrogens (tertiary/aromatic N) is 3. The van der Waals surface area contributed by atoms with E-state index in [1.807, 2.05) is 6.07 Å². The third-order valence-corrected chi connectivity index (χ3v) is 5.93. The number of aromatic nitrogens is 3. The Morgan fingerprint density at radius 3 is 2.50 bits per heavy atom. The van der Waals surface area contributed by atoms with E-state index in [4.69, 9.17) is 23.2 Å². The summed E-state index contributed by atoms with van der Waals surface area (Å²) in [7, 11) is 1.74. The minimum Gasteiger partial charge on any atom is -0.325 e. The van der Waals surface area contributed by atoms with Crippen molar-refractivity contribution in [3.8, 4) is 11.4 Å². The van der Waals surface area contributed by atoms with Crippen LogP contribution in [0.1, 0.15) is 12.5 Å². The molecule has 1 unspecified atom stereocenters. The van der Waals surface area contributed by atoms with Crippen LogP contribution in [0.3, 0.4) is 0 Å². The van der Waals surface area contributed by atoms with E-state index in [9.17, 15) is 18.0 Å². The lowest BCUT2D eigenvalue weighted by Crippen LogP contribution is -2.23. The Kier molecular flexibility index (Phi) is 6.64. The normalized spacial score (nSPS) is 12.6. The van der Waals surface area contributed by atoms with Gasteiger partial charge in [0.2, 0.25) is 5.91 Å². The van der Waals surface area contributed by atoms with Crippen LogP contribution in [0.2, 0.25) is 10.0 Å². The third kappa shape index (κ3) is 4.91. The van der Waals surface area contributed by atoms with Crippen LogP contribution in [0.5, 0.6) is 0 Å². The number of anilines is 1. The van der Waals surface area contributed by atoms with Crippen molar-refractivity contribution >= 4 is 46.6 Å². The Labute approximate surface area is 184 Å². The van der Waals surface area contributed by atoms with Crippen molar-refractivity contribution in [2.45, 2.75) is 23.5 Å². The molecule has 1 atom stereocenters. The Morgan fingerprint density at radius 2 is 1.83 bits per heavy atom. The van der Waals surface area contributed by atoms with E-state index >= 15 is 0 Å². The second kappa shape index (κ2) is 8.87. The molecule has 0 aliphatic rings. The molecule has 0 saturated heterocycles. The van der Waals surface area contributed by atoms with E-state index in [1.54, 1.807) is 36.7 Å². The van der Waals surface area contributed by atoms with Gasteiger partial charge in [-0.1, -0.05) is 47.1 Å². The maximum Gasteiger partial charge on any atom is 0.417 e. The summed E-state index contributed by atoms with van der Waals surface area (Å²) in [5.41, 5.74) is -0.321. The van der Waals surface area contributed by atoms with Gasteiger partial charge in [0.25, 0.3) is 0 Å². The maximum absolute atomic E-state index is 13.0. The van der Waals surface area contributed by atoms with Crippen molar-refractivity contribution in [2.24, 2.45) is 7.05 Å². The lowest BCUT2D eigenvalue weighted by Gasteiger charge is -2.14. The zero-order valence-corrected chi connectivity index (χ0v) is 18.0. The number of carbonyl (C=O) groups is 1. The molecule has 0 aliphatic heterocycles. The predicted octanol–water partition coefficient (Wildman–Crippen LogP) is 5.93. The van der Waals surface area contributed by atoms with Gasteiger partial charge in [-0.15, -0.1) is 10.2 Å². The molecule has 30 heavy (non-hydrogen) atoms. The first-order valence-electron chi connectivity index (χ1n) is 8.56. The van der Waals surface area contributed by atoms with Gasteiger partial charge in [-0.3, -0.25) is 4.79 Å². The van der Waals surface area contributed by atoms with Crippen LogP contribution in [0.25, 0.3) is 11.4 Å². The maximum atomic E-state index is 13.0. The summed E-state index contributed by atoms with van der Waals surface area (Å²) in [5, 5.41) is 10.6. The number of hydrogen-bond donors (Lipinski definition) is 1. The first kappa shape index (κ1) is 22.5. The van der Waals surface area contributed by atoms with Crippen molar-refractivity contribution in [3.05, 3.63) is 58.1 Å². The number of alkyl halides is 3. The number of halogens is 5. The van der Waals surface area contributed by atoms with Crippen molar-refractivity contribution < 1.29 is 18.0 Å². The Balaban J connectivity index is 1.74. The first-order valence-corrected chi connectivity index (χ1v) is 10.2. The van der Waals surface area contributed by atoms with E-state index < -0.39 is 27.9 Å². The predicted molar refractivity (Wildman–Crippen MR) is 112 cm³/mol. The molecule has 0 spiro atoms. The molecule has 1 aromatic heterocycles. The molecule has 3 rings (SSSR count). The molecule has 0 fully saturated rings. The number of nitrogens with one attached hydrogen (secondary N) is 1. The molecule has 0 radical (unpaired) electrons. The largest absolute Gasteiger partial charge is 0.417 e. The van der Waals surface area contributed by atoms with Crippen LogP contribution in [0.15, 0.2) is 47.6 Å². The highest BCUT2D eigenvalue weighted by atomic mass is 35.5. The minimum atomic E-state index is -4.62. The third-order valence-electron chi connectivity index (χ3n) is 4.14. The molecule has 3 aromatic rings. The van der Waals surface area contributed by atoms with Gasteiger partial charge in [0.15, 0.2) is 11.0 Å². The van der Waals surface area contributed by atoms with Crippen LogP contribution in [-0.2, 0) is 18.0 Å². The zero-order valence-electron chi connectivity index (χ0n) is 15.7. The standard InChI is InChI=1S/C19H15Cl2F3N4OS/c1-10(17(29)25-11-7-8-15(21)13(9-11)19(22,23)24)30-18-27-26-16(28(18)2)12-5-3-4-6-14(12)20/h3-10H,1-2H3,(H,25,29). The number of amides is 1. The number of rotatable bonds is 5. The molecule has 0 bridgehead atoms. The van der Waals surface area contributed by atoms with Crippen LogP contribution in [0.4, 0.5) is 18.9 Å². The van der Waals surface area contributed by atoms with E-state index in [0.717, 1.165) is 23.9 Å². The molecule has 158 valence electrons. The first-order chi connectivity index (χ1) is 14.1. The molecule has 0 aliphatic carbocycles. The molecule has 1 amide bonds. The van der Waals surface area contributed by atoms with Crippen molar-refractivity contribution in [1.82, 2.24) is 14.8 Å². The minimum absolute atomic E-state index is 0.00102. The molecule has 1 heterocycles. The summed E-state index contributed by atoms with van der Waals surface area (Å²) < 4.78 is 40.7. The number of benzene rings is 2. The summed E-state index contributed by atoms with van der Waals surface area (Å²) in [6.45, 7) is 1.62. The summed E-state index contributed by atoms with van der Waals surface area (Å²) >= 11 is 12.9. The molecule has 11 heteroatoms. The van der Waals surface area contributed by atoms with Gasteiger partial charge in [0.1, 0.15) is 0 Å². The van der Waals surface area contributed by atoms with Crippen LogP contribution >= 0.6 is 35.0 Å². The van der Waals surface area contributed by atoms with Crippen LogP contribution < -0.4 is 5.32 Å². The molecule has 2 aromatic carbocycles. The lowest BCUT2D eigenvalue weighted by molar-refractivity contribution is -0.137. The zero-order chi connectivity index (χ0) is 22.1. The second-order valence-electron chi connectivity index (χ2n) is 6.29. The van der Waals surface area contributed by atoms with E-state index in [2.05, 4.69) is 15.5 Å². The Hall–Kier alpha value is -2.23. The van der Waals surface area contributed by atoms with Gasteiger partial charge < -0.3 is 9.88 Å². The van der Waals surface area contributed by atoms with Crippen LogP contribution in [0, 0.1) is 0 Å². The molecule has 5 nitrogen and oxygen atoms in total. The Morgan fingerprint density at radius 1 is 1.13 bits per heavy atom.